The van der Waals surface area contributed by atoms with E-state index in [1.807, 2.05) is 0 Å². The van der Waals surface area contributed by atoms with Gasteiger partial charge in [-0.2, -0.15) is 0 Å². The fourth-order valence-electron chi connectivity index (χ4n) is 2.91. The van der Waals surface area contributed by atoms with Crippen LogP contribution >= 0.6 is 7.94 Å². The van der Waals surface area contributed by atoms with Crippen LogP contribution in [0.15, 0.2) is 75.9 Å². The molecule has 2 atom stereocenters. The summed E-state index contributed by atoms with van der Waals surface area (Å²) < 4.78 is 18.0. The summed E-state index contributed by atoms with van der Waals surface area (Å²) in [5.74, 6) is -2.90. The molecule has 0 saturated carbocycles. The maximum absolute atomic E-state index is 12.9. The Morgan fingerprint density at radius 2 is 1.32 bits per heavy atom. The van der Waals surface area contributed by atoms with Crippen molar-refractivity contribution < 1.29 is 28.0 Å². The first-order valence-electron chi connectivity index (χ1n) is 9.39. The quantitative estimate of drug-likeness (QED) is 0.245. The van der Waals surface area contributed by atoms with Gasteiger partial charge in [0.15, 0.2) is 0 Å². The van der Waals surface area contributed by atoms with Crippen molar-refractivity contribution in [1.82, 2.24) is 15.1 Å². The van der Waals surface area contributed by atoms with Crippen molar-refractivity contribution in [3.63, 3.8) is 0 Å². The molecule has 9 nitrogen and oxygen atoms in total. The summed E-state index contributed by atoms with van der Waals surface area (Å²) in [4.78, 5) is 40.6. The summed E-state index contributed by atoms with van der Waals surface area (Å²) >= 11 is 0. The first-order chi connectivity index (χ1) is 14.9. The van der Waals surface area contributed by atoms with Crippen molar-refractivity contribution in [2.75, 3.05) is 26.5 Å². The van der Waals surface area contributed by atoms with Gasteiger partial charge in [-0.25, -0.2) is 0 Å². The van der Waals surface area contributed by atoms with E-state index in [9.17, 15) is 14.4 Å². The van der Waals surface area contributed by atoms with E-state index in [4.69, 9.17) is 13.6 Å². The molecular weight excluding hydrogens is 421 g/mol. The first-order valence-corrected chi connectivity index (χ1v) is 11.2. The van der Waals surface area contributed by atoms with Crippen molar-refractivity contribution in [1.29, 1.82) is 0 Å². The van der Waals surface area contributed by atoms with Crippen LogP contribution in [0.3, 0.4) is 0 Å². The zero-order valence-electron chi connectivity index (χ0n) is 17.5. The van der Waals surface area contributed by atoms with Gasteiger partial charge in [-0.3, -0.25) is 0 Å². The minimum absolute atomic E-state index is 0.00323. The molecule has 10 heteroatoms. The van der Waals surface area contributed by atoms with Crippen molar-refractivity contribution >= 4 is 25.5 Å². The Morgan fingerprint density at radius 3 is 1.71 bits per heavy atom. The molecule has 0 bridgehead atoms. The first kappa shape index (κ1) is 26.4. The Morgan fingerprint density at radius 1 is 0.839 bits per heavy atom. The second-order valence-corrected chi connectivity index (χ2v) is 8.70. The maximum atomic E-state index is 12.9. The number of hydrogen-bond donors (Lipinski definition) is 1. The molecule has 1 saturated heterocycles. The van der Waals surface area contributed by atoms with Gasteiger partial charge < -0.3 is 0 Å². The molecule has 31 heavy (non-hydrogen) atoms. The van der Waals surface area contributed by atoms with Crippen LogP contribution in [0.4, 0.5) is 0 Å². The topological polar surface area (TPSA) is 97.4 Å². The Balaban J connectivity index is 3.79. The van der Waals surface area contributed by atoms with Crippen LogP contribution in [-0.4, -0.2) is 66.0 Å². The number of carbonyl (C=O) groups excluding carboxylic acids is 3. The fraction of sp³-hybridized carbons (Fsp3) is 0.286. The summed E-state index contributed by atoms with van der Waals surface area (Å²) in [6.07, 6.45) is 6.45. The van der Waals surface area contributed by atoms with Gasteiger partial charge in [0.2, 0.25) is 0 Å². The van der Waals surface area contributed by atoms with Gasteiger partial charge in [0, 0.05) is 0 Å². The molecule has 1 N–H and O–H groups in total. The molecule has 2 unspecified atom stereocenters. The summed E-state index contributed by atoms with van der Waals surface area (Å²) in [6, 6.07) is 0. The van der Waals surface area contributed by atoms with Crippen LogP contribution in [0, 0.1) is 0 Å². The van der Waals surface area contributed by atoms with E-state index in [1.54, 1.807) is 0 Å². The van der Waals surface area contributed by atoms with Gasteiger partial charge in [-0.1, -0.05) is 0 Å². The molecule has 1 fully saturated rings. The number of amides is 2. The van der Waals surface area contributed by atoms with E-state index in [1.165, 1.54) is 23.1 Å². The zero-order chi connectivity index (χ0) is 23.4. The molecule has 0 aromatic rings. The molecule has 1 rings (SSSR count). The molecule has 2 amide bonds. The molecular formula is C21H30N3O6P. The molecule has 1 aliphatic heterocycles. The fourth-order valence-corrected chi connectivity index (χ4v) is 5.88. The van der Waals surface area contributed by atoms with Crippen molar-refractivity contribution in [3.8, 4) is 0 Å². The monoisotopic (exact) mass is 451 g/mol. The number of nitrogens with zero attached hydrogens (tertiary/aromatic N) is 2. The predicted molar refractivity (Wildman–Crippen MR) is 122 cm³/mol. The Labute approximate surface area is 183 Å². The Bertz CT molecular complexity index is 722. The van der Waals surface area contributed by atoms with Crippen LogP contribution in [-0.2, 0) is 28.0 Å². The van der Waals surface area contributed by atoms with Crippen LogP contribution in [0.25, 0.3) is 0 Å². The van der Waals surface area contributed by atoms with E-state index in [0.29, 0.717) is 0 Å². The SMILES string of the molecule is C=CCO[PH](OCC=C)(OCC=C)C1N(C(=O)C=C)CNC(C(=O)C=C)N1C(=O)C=C. The number of ketones is 1. The van der Waals surface area contributed by atoms with Crippen molar-refractivity contribution in [2.45, 2.75) is 12.1 Å². The minimum atomic E-state index is -3.97. The average molecular weight is 451 g/mol. The number of rotatable bonds is 14. The Kier molecular flexibility index (Phi) is 11.0. The average Bonchev–Trinajstić information content (AvgIpc) is 2.81. The van der Waals surface area contributed by atoms with E-state index < -0.39 is 37.6 Å². The van der Waals surface area contributed by atoms with Gasteiger partial charge in [0.25, 0.3) is 0 Å². The van der Waals surface area contributed by atoms with Gasteiger partial charge in [-0.15, -0.1) is 0 Å². The summed E-state index contributed by atoms with van der Waals surface area (Å²) in [6.45, 7) is 21.3. The molecule has 1 heterocycles. The van der Waals surface area contributed by atoms with E-state index >= 15 is 0 Å². The normalized spacial score (nSPS) is 19.1. The number of carbonyl (C=O) groups is 3. The molecule has 0 radical (unpaired) electrons. The van der Waals surface area contributed by atoms with Crippen LogP contribution < -0.4 is 5.32 Å². The second-order valence-electron chi connectivity index (χ2n) is 6.11. The molecule has 170 valence electrons. The number of hydrogen-bond acceptors (Lipinski definition) is 7. The second kappa shape index (κ2) is 12.9. The van der Waals surface area contributed by atoms with Crippen LogP contribution in [0.5, 0.6) is 0 Å². The number of nitrogens with one attached hydrogen (secondary N) is 1. The third kappa shape index (κ3) is 6.16. The summed E-state index contributed by atoms with van der Waals surface area (Å²) in [5.41, 5.74) is 0. The molecule has 0 aromatic carbocycles. The van der Waals surface area contributed by atoms with E-state index in [2.05, 4.69) is 44.8 Å². The third-order valence-electron chi connectivity index (χ3n) is 4.17. The van der Waals surface area contributed by atoms with Crippen LogP contribution in [0.2, 0.25) is 0 Å². The molecule has 0 aromatic heterocycles. The third-order valence-corrected chi connectivity index (χ3v) is 7.10. The van der Waals surface area contributed by atoms with Gasteiger partial charge >= 0.3 is 183 Å². The molecule has 1 aliphatic rings. The van der Waals surface area contributed by atoms with Gasteiger partial charge in [0.05, 0.1) is 0 Å². The Hall–Kier alpha value is -2.68. The summed E-state index contributed by atoms with van der Waals surface area (Å²) in [7, 11) is -3.97. The summed E-state index contributed by atoms with van der Waals surface area (Å²) in [5, 5.41) is 2.86. The standard InChI is InChI=1S/C21H30N3O6P/c1-7-13-28-31(29-14-8-2,30-15-9-3)21-23(18(26)11-5)16-22-20(17(25)10-4)24(21)19(27)12-6/h7-12,20-22,31H,1-6,13-16H2. The van der Waals surface area contributed by atoms with E-state index in [-0.39, 0.29) is 26.5 Å². The van der Waals surface area contributed by atoms with Gasteiger partial charge in [-0.05, 0) is 0 Å². The molecule has 0 aliphatic carbocycles. The van der Waals surface area contributed by atoms with Crippen molar-refractivity contribution in [3.05, 3.63) is 75.9 Å². The van der Waals surface area contributed by atoms with Crippen LogP contribution in [0.1, 0.15) is 0 Å². The predicted octanol–water partition coefficient (Wildman–Crippen LogP) is 2.04. The zero-order valence-corrected chi connectivity index (χ0v) is 18.5. The molecule has 0 spiro atoms. The van der Waals surface area contributed by atoms with Crippen molar-refractivity contribution in [2.24, 2.45) is 0 Å². The van der Waals surface area contributed by atoms with E-state index in [0.717, 1.165) is 23.1 Å². The van der Waals surface area contributed by atoms with Gasteiger partial charge in [0.1, 0.15) is 0 Å².